The van der Waals surface area contributed by atoms with Crippen LogP contribution >= 0.6 is 12.4 Å². The lowest BCUT2D eigenvalue weighted by molar-refractivity contribution is 0.182. The second-order valence-corrected chi connectivity index (χ2v) is 7.38. The van der Waals surface area contributed by atoms with Crippen molar-refractivity contribution in [2.24, 2.45) is 5.73 Å². The highest BCUT2D eigenvalue weighted by molar-refractivity contribution is 7.89. The smallest absolute Gasteiger partial charge is 0.243 e. The Labute approximate surface area is 156 Å². The van der Waals surface area contributed by atoms with Gasteiger partial charge in [-0.1, -0.05) is 48.5 Å². The number of halogens is 1. The molecule has 25 heavy (non-hydrogen) atoms. The maximum absolute atomic E-state index is 13.1. The summed E-state index contributed by atoms with van der Waals surface area (Å²) in [6.07, 6.45) is 0.645. The van der Waals surface area contributed by atoms with E-state index in [1.54, 1.807) is 25.3 Å². The minimum Gasteiger partial charge on any atom is -0.380 e. The van der Waals surface area contributed by atoms with Crippen LogP contribution in [0.5, 0.6) is 0 Å². The van der Waals surface area contributed by atoms with Gasteiger partial charge in [-0.2, -0.15) is 4.31 Å². The monoisotopic (exact) mass is 384 g/mol. The van der Waals surface area contributed by atoms with Crippen molar-refractivity contribution in [1.82, 2.24) is 4.31 Å². The molecular weight excluding hydrogens is 360 g/mol. The number of hydrogen-bond donors (Lipinski definition) is 1. The van der Waals surface area contributed by atoms with Gasteiger partial charge in [0, 0.05) is 26.7 Å². The predicted octanol–water partition coefficient (Wildman–Crippen LogP) is 2.45. The molecule has 0 aliphatic carbocycles. The molecule has 0 fully saturated rings. The largest absolute Gasteiger partial charge is 0.380 e. The van der Waals surface area contributed by atoms with Crippen LogP contribution in [-0.4, -0.2) is 39.5 Å². The first kappa shape index (κ1) is 21.6. The second-order valence-electron chi connectivity index (χ2n) is 5.47. The van der Waals surface area contributed by atoms with Crippen LogP contribution in [0.3, 0.4) is 0 Å². The molecule has 0 heterocycles. The fourth-order valence-corrected chi connectivity index (χ4v) is 4.23. The molecule has 0 aliphatic rings. The SMILES string of the molecule is COCc1ccccc1S(=O)(=O)N(CCN)CCc1ccccc1.Cl. The molecule has 0 radical (unpaired) electrons. The van der Waals surface area contributed by atoms with Crippen molar-refractivity contribution in [3.63, 3.8) is 0 Å². The minimum atomic E-state index is -3.61. The van der Waals surface area contributed by atoms with Gasteiger partial charge in [0.15, 0.2) is 0 Å². The van der Waals surface area contributed by atoms with E-state index in [1.165, 1.54) is 4.31 Å². The van der Waals surface area contributed by atoms with Gasteiger partial charge in [-0.05, 0) is 23.6 Å². The summed E-state index contributed by atoms with van der Waals surface area (Å²) in [5.74, 6) is 0. The Kier molecular flexibility index (Phi) is 9.10. The summed E-state index contributed by atoms with van der Waals surface area (Å²) in [5, 5.41) is 0. The third-order valence-electron chi connectivity index (χ3n) is 3.76. The first-order valence-corrected chi connectivity index (χ1v) is 9.34. The first-order chi connectivity index (χ1) is 11.6. The van der Waals surface area contributed by atoms with E-state index in [0.29, 0.717) is 18.5 Å². The minimum absolute atomic E-state index is 0. The molecule has 2 aromatic rings. The number of hydrogen-bond acceptors (Lipinski definition) is 4. The molecule has 138 valence electrons. The predicted molar refractivity (Wildman–Crippen MR) is 102 cm³/mol. The molecule has 0 aromatic heterocycles. The van der Waals surface area contributed by atoms with Crippen LogP contribution in [-0.2, 0) is 27.8 Å². The van der Waals surface area contributed by atoms with Crippen LogP contribution in [0.15, 0.2) is 59.5 Å². The Morgan fingerprint density at radius 3 is 2.28 bits per heavy atom. The van der Waals surface area contributed by atoms with Crippen molar-refractivity contribution < 1.29 is 13.2 Å². The topological polar surface area (TPSA) is 72.6 Å². The third-order valence-corrected chi connectivity index (χ3v) is 5.76. The first-order valence-electron chi connectivity index (χ1n) is 7.90. The molecule has 0 aliphatic heterocycles. The Balaban J connectivity index is 0.00000312. The molecule has 0 saturated carbocycles. The number of sulfonamides is 1. The van der Waals surface area contributed by atoms with E-state index in [1.807, 2.05) is 36.4 Å². The fourth-order valence-electron chi connectivity index (χ4n) is 2.56. The van der Waals surface area contributed by atoms with Crippen LogP contribution in [0.2, 0.25) is 0 Å². The molecule has 0 bridgehead atoms. The van der Waals surface area contributed by atoms with Gasteiger partial charge in [-0.25, -0.2) is 8.42 Å². The molecule has 0 atom stereocenters. The van der Waals surface area contributed by atoms with Gasteiger partial charge in [-0.3, -0.25) is 0 Å². The Morgan fingerprint density at radius 2 is 1.64 bits per heavy atom. The van der Waals surface area contributed by atoms with Gasteiger partial charge in [0.05, 0.1) is 11.5 Å². The molecule has 2 aromatic carbocycles. The number of nitrogens with zero attached hydrogens (tertiary/aromatic N) is 1. The van der Waals surface area contributed by atoms with E-state index in [2.05, 4.69) is 0 Å². The van der Waals surface area contributed by atoms with Gasteiger partial charge in [-0.15, -0.1) is 12.4 Å². The quantitative estimate of drug-likeness (QED) is 0.720. The Morgan fingerprint density at radius 1 is 1.00 bits per heavy atom. The Hall–Kier alpha value is -1.44. The third kappa shape index (κ3) is 5.80. The van der Waals surface area contributed by atoms with E-state index in [-0.39, 0.29) is 37.0 Å². The average Bonchev–Trinajstić information content (AvgIpc) is 2.60. The number of methoxy groups -OCH3 is 1. The zero-order valence-corrected chi connectivity index (χ0v) is 15.9. The second kappa shape index (κ2) is 10.5. The van der Waals surface area contributed by atoms with Crippen molar-refractivity contribution in [3.05, 3.63) is 65.7 Å². The molecule has 2 N–H and O–H groups in total. The summed E-state index contributed by atoms with van der Waals surface area (Å²) in [4.78, 5) is 0.286. The summed E-state index contributed by atoms with van der Waals surface area (Å²) in [6.45, 7) is 1.21. The Bertz CT molecular complexity index is 739. The zero-order valence-electron chi connectivity index (χ0n) is 14.3. The van der Waals surface area contributed by atoms with Gasteiger partial charge in [0.1, 0.15) is 0 Å². The van der Waals surface area contributed by atoms with Crippen molar-refractivity contribution >= 4 is 22.4 Å². The van der Waals surface area contributed by atoms with Crippen LogP contribution in [0.4, 0.5) is 0 Å². The number of ether oxygens (including phenoxy) is 1. The van der Waals surface area contributed by atoms with Gasteiger partial charge >= 0.3 is 0 Å². The standard InChI is InChI=1S/C18H24N2O3S.ClH/c1-23-15-17-9-5-6-10-18(17)24(21,22)20(14-12-19)13-11-16-7-3-2-4-8-16;/h2-10H,11-15,19H2,1H3;1H. The normalized spacial score (nSPS) is 11.3. The highest BCUT2D eigenvalue weighted by Gasteiger charge is 2.26. The van der Waals surface area contributed by atoms with Crippen LogP contribution in [0.1, 0.15) is 11.1 Å². The van der Waals surface area contributed by atoms with E-state index < -0.39 is 10.0 Å². The summed E-state index contributed by atoms with van der Waals surface area (Å²) in [7, 11) is -2.06. The lowest BCUT2D eigenvalue weighted by atomic mass is 10.1. The van der Waals surface area contributed by atoms with Gasteiger partial charge in [0.2, 0.25) is 10.0 Å². The lowest BCUT2D eigenvalue weighted by Crippen LogP contribution is -2.37. The molecule has 0 spiro atoms. The van der Waals surface area contributed by atoms with Crippen molar-refractivity contribution in [1.29, 1.82) is 0 Å². The fraction of sp³-hybridized carbons (Fsp3) is 0.333. The van der Waals surface area contributed by atoms with Crippen LogP contribution in [0.25, 0.3) is 0 Å². The van der Waals surface area contributed by atoms with Crippen molar-refractivity contribution in [2.45, 2.75) is 17.9 Å². The van der Waals surface area contributed by atoms with Gasteiger partial charge < -0.3 is 10.5 Å². The summed E-state index contributed by atoms with van der Waals surface area (Å²) < 4.78 is 32.7. The maximum Gasteiger partial charge on any atom is 0.243 e. The lowest BCUT2D eigenvalue weighted by Gasteiger charge is -2.23. The molecular formula is C18H25ClN2O3S. The molecule has 7 heteroatoms. The molecule has 0 amide bonds. The average molecular weight is 385 g/mol. The summed E-state index contributed by atoms with van der Waals surface area (Å²) >= 11 is 0. The van der Waals surface area contributed by atoms with E-state index in [9.17, 15) is 8.42 Å². The highest BCUT2D eigenvalue weighted by Crippen LogP contribution is 2.21. The van der Waals surface area contributed by atoms with E-state index in [0.717, 1.165) is 5.56 Å². The number of benzene rings is 2. The molecule has 5 nitrogen and oxygen atoms in total. The molecule has 0 unspecified atom stereocenters. The van der Waals surface area contributed by atoms with Crippen LogP contribution < -0.4 is 5.73 Å². The van der Waals surface area contributed by atoms with Gasteiger partial charge in [0.25, 0.3) is 0 Å². The summed E-state index contributed by atoms with van der Waals surface area (Å²) in [6, 6.07) is 16.8. The van der Waals surface area contributed by atoms with Crippen molar-refractivity contribution in [3.8, 4) is 0 Å². The van der Waals surface area contributed by atoms with Crippen LogP contribution in [0, 0.1) is 0 Å². The highest BCUT2D eigenvalue weighted by atomic mass is 35.5. The van der Waals surface area contributed by atoms with E-state index >= 15 is 0 Å². The summed E-state index contributed by atoms with van der Waals surface area (Å²) in [5.41, 5.74) is 7.39. The maximum atomic E-state index is 13.1. The zero-order chi connectivity index (χ0) is 17.4. The van der Waals surface area contributed by atoms with Crippen molar-refractivity contribution in [2.75, 3.05) is 26.7 Å². The van der Waals surface area contributed by atoms with E-state index in [4.69, 9.17) is 10.5 Å². The number of nitrogens with two attached hydrogens (primary N) is 1. The molecule has 0 saturated heterocycles. The number of rotatable bonds is 9. The molecule has 2 rings (SSSR count).